The minimum absolute atomic E-state index is 0.154. The van der Waals surface area contributed by atoms with Crippen LogP contribution in [0.2, 0.25) is 0 Å². The maximum absolute atomic E-state index is 12.1. The van der Waals surface area contributed by atoms with Gasteiger partial charge >= 0.3 is 0 Å². The summed E-state index contributed by atoms with van der Waals surface area (Å²) >= 11 is 0. The number of ether oxygens (including phenoxy) is 2. The third-order valence-electron chi connectivity index (χ3n) is 3.32. The quantitative estimate of drug-likeness (QED) is 0.725. The van der Waals surface area contributed by atoms with E-state index in [2.05, 4.69) is 9.97 Å². The van der Waals surface area contributed by atoms with Crippen LogP contribution in [0, 0.1) is 0 Å². The van der Waals surface area contributed by atoms with E-state index in [-0.39, 0.29) is 12.6 Å². The van der Waals surface area contributed by atoms with Gasteiger partial charge in [-0.25, -0.2) is 4.98 Å². The number of unbranched alkanes of at least 4 members (excludes halogenated alkanes) is 1. The number of aromatic nitrogens is 2. The second-order valence-electron chi connectivity index (χ2n) is 5.05. The first-order chi connectivity index (χ1) is 11.1. The highest BCUT2D eigenvalue weighted by atomic mass is 19.1. The monoisotopic (exact) mass is 320 g/mol. The van der Waals surface area contributed by atoms with Gasteiger partial charge in [0.1, 0.15) is 5.82 Å². The summed E-state index contributed by atoms with van der Waals surface area (Å²) in [5, 5.41) is 0. The number of alkyl halides is 1. The van der Waals surface area contributed by atoms with Crippen LogP contribution in [-0.4, -0.2) is 30.4 Å². The zero-order valence-electron chi connectivity index (χ0n) is 13.1. The topological polar surface area (TPSA) is 96.3 Å². The van der Waals surface area contributed by atoms with E-state index in [0.717, 1.165) is 11.1 Å². The molecule has 1 aromatic heterocycles. The van der Waals surface area contributed by atoms with Crippen molar-refractivity contribution in [2.45, 2.75) is 19.3 Å². The van der Waals surface area contributed by atoms with Crippen LogP contribution in [0.1, 0.15) is 24.0 Å². The molecule has 1 heterocycles. The number of rotatable bonds is 8. The lowest BCUT2D eigenvalue weighted by Crippen LogP contribution is -2.04. The van der Waals surface area contributed by atoms with Crippen LogP contribution in [0.3, 0.4) is 0 Å². The second-order valence-corrected chi connectivity index (χ2v) is 5.05. The Labute approximate surface area is 134 Å². The lowest BCUT2D eigenvalue weighted by molar-refractivity contribution is 0.280. The zero-order valence-corrected chi connectivity index (χ0v) is 13.1. The molecule has 23 heavy (non-hydrogen) atoms. The van der Waals surface area contributed by atoms with Crippen LogP contribution >= 0.6 is 0 Å². The average molecular weight is 320 g/mol. The molecule has 2 aromatic rings. The van der Waals surface area contributed by atoms with Gasteiger partial charge in [0.25, 0.3) is 0 Å². The van der Waals surface area contributed by atoms with E-state index < -0.39 is 0 Å². The van der Waals surface area contributed by atoms with E-state index in [9.17, 15) is 4.39 Å². The molecular formula is C16H21FN4O2. The van der Waals surface area contributed by atoms with Crippen LogP contribution in [0.5, 0.6) is 11.5 Å². The number of hydrogen-bond donors (Lipinski definition) is 2. The molecule has 6 nitrogen and oxygen atoms in total. The van der Waals surface area contributed by atoms with E-state index in [1.807, 2.05) is 18.2 Å². The largest absolute Gasteiger partial charge is 0.493 e. The van der Waals surface area contributed by atoms with Crippen molar-refractivity contribution in [1.82, 2.24) is 9.97 Å². The molecule has 0 saturated carbocycles. The van der Waals surface area contributed by atoms with Crippen molar-refractivity contribution in [2.75, 3.05) is 31.9 Å². The number of methoxy groups -OCH3 is 1. The van der Waals surface area contributed by atoms with Gasteiger partial charge in [-0.15, -0.1) is 0 Å². The van der Waals surface area contributed by atoms with Gasteiger partial charge < -0.3 is 20.9 Å². The molecular weight excluding hydrogens is 299 g/mol. The molecule has 124 valence electrons. The van der Waals surface area contributed by atoms with Crippen molar-refractivity contribution in [3.05, 3.63) is 35.5 Å². The number of nitrogen functional groups attached to an aromatic ring is 2. The molecule has 0 aliphatic rings. The molecule has 0 bridgehead atoms. The molecule has 2 rings (SSSR count). The Morgan fingerprint density at radius 1 is 1.17 bits per heavy atom. The van der Waals surface area contributed by atoms with E-state index in [1.165, 1.54) is 0 Å². The average Bonchev–Trinajstić information content (AvgIpc) is 2.55. The fourth-order valence-corrected chi connectivity index (χ4v) is 2.11. The second kappa shape index (κ2) is 8.17. The first kappa shape index (κ1) is 16.8. The molecule has 0 fully saturated rings. The van der Waals surface area contributed by atoms with Crippen LogP contribution in [0.15, 0.2) is 24.4 Å². The molecule has 0 amide bonds. The molecule has 0 unspecified atom stereocenters. The van der Waals surface area contributed by atoms with Crippen molar-refractivity contribution in [1.29, 1.82) is 0 Å². The van der Waals surface area contributed by atoms with Crippen LogP contribution in [0.25, 0.3) is 0 Å². The van der Waals surface area contributed by atoms with Crippen molar-refractivity contribution < 1.29 is 13.9 Å². The summed E-state index contributed by atoms with van der Waals surface area (Å²) in [6.45, 7) is 0.128. The Hall–Kier alpha value is -2.57. The highest BCUT2D eigenvalue weighted by Crippen LogP contribution is 2.29. The summed E-state index contributed by atoms with van der Waals surface area (Å²) in [5.74, 6) is 1.78. The number of anilines is 2. The molecule has 7 heteroatoms. The highest BCUT2D eigenvalue weighted by Gasteiger charge is 2.09. The number of halogens is 1. The smallest absolute Gasteiger partial charge is 0.221 e. The molecule has 0 saturated heterocycles. The van der Waals surface area contributed by atoms with Crippen molar-refractivity contribution in [3.8, 4) is 11.5 Å². The summed E-state index contributed by atoms with van der Waals surface area (Å²) in [6.07, 6.45) is 3.34. The Bertz CT molecular complexity index is 652. The SMILES string of the molecule is COc1cc(Cc2cnc(N)nc2N)ccc1OCCCCF. The van der Waals surface area contributed by atoms with E-state index in [1.54, 1.807) is 13.3 Å². The summed E-state index contributed by atoms with van der Waals surface area (Å²) in [5.41, 5.74) is 13.1. The first-order valence-corrected chi connectivity index (χ1v) is 7.36. The lowest BCUT2D eigenvalue weighted by atomic mass is 10.1. The summed E-state index contributed by atoms with van der Waals surface area (Å²) in [7, 11) is 1.58. The molecule has 0 atom stereocenters. The van der Waals surface area contributed by atoms with Gasteiger partial charge in [0, 0.05) is 18.2 Å². The Morgan fingerprint density at radius 2 is 2.00 bits per heavy atom. The molecule has 0 aliphatic heterocycles. The van der Waals surface area contributed by atoms with Crippen molar-refractivity contribution in [2.24, 2.45) is 0 Å². The molecule has 4 N–H and O–H groups in total. The number of hydrogen-bond acceptors (Lipinski definition) is 6. The minimum Gasteiger partial charge on any atom is -0.493 e. The van der Waals surface area contributed by atoms with E-state index >= 15 is 0 Å². The highest BCUT2D eigenvalue weighted by molar-refractivity contribution is 5.48. The zero-order chi connectivity index (χ0) is 16.7. The van der Waals surface area contributed by atoms with Gasteiger partial charge in [-0.3, -0.25) is 4.39 Å². The number of nitrogens with two attached hydrogens (primary N) is 2. The standard InChI is InChI=1S/C16H21FN4O2/c1-22-14-9-11(4-5-13(14)23-7-3-2-6-17)8-12-10-20-16(19)21-15(12)18/h4-5,9-10H,2-3,6-8H2,1H3,(H4,18,19,20,21). The molecule has 0 spiro atoms. The fraction of sp³-hybridized carbons (Fsp3) is 0.375. The predicted octanol–water partition coefficient (Wildman–Crippen LogP) is 2.37. The first-order valence-electron chi connectivity index (χ1n) is 7.36. The third kappa shape index (κ3) is 4.70. The Morgan fingerprint density at radius 3 is 2.70 bits per heavy atom. The van der Waals surface area contributed by atoms with Gasteiger partial charge in [0.2, 0.25) is 5.95 Å². The third-order valence-corrected chi connectivity index (χ3v) is 3.32. The van der Waals surface area contributed by atoms with E-state index in [0.29, 0.717) is 43.2 Å². The van der Waals surface area contributed by atoms with Gasteiger partial charge in [-0.2, -0.15) is 4.98 Å². The van der Waals surface area contributed by atoms with Gasteiger partial charge in [-0.05, 0) is 30.5 Å². The van der Waals surface area contributed by atoms with Gasteiger partial charge in [0.05, 0.1) is 20.4 Å². The van der Waals surface area contributed by atoms with Crippen LogP contribution < -0.4 is 20.9 Å². The maximum atomic E-state index is 12.1. The van der Waals surface area contributed by atoms with Crippen molar-refractivity contribution >= 4 is 11.8 Å². The van der Waals surface area contributed by atoms with Crippen molar-refractivity contribution in [3.63, 3.8) is 0 Å². The number of benzene rings is 1. The molecule has 0 aliphatic carbocycles. The Kier molecular flexibility index (Phi) is 5.96. The normalized spacial score (nSPS) is 10.5. The van der Waals surface area contributed by atoms with Gasteiger partial charge in [-0.1, -0.05) is 6.07 Å². The van der Waals surface area contributed by atoms with E-state index in [4.69, 9.17) is 20.9 Å². The maximum Gasteiger partial charge on any atom is 0.221 e. The number of nitrogens with zero attached hydrogens (tertiary/aromatic N) is 2. The van der Waals surface area contributed by atoms with Crippen LogP contribution in [-0.2, 0) is 6.42 Å². The Balaban J connectivity index is 2.08. The van der Waals surface area contributed by atoms with Crippen LogP contribution in [0.4, 0.5) is 16.2 Å². The summed E-state index contributed by atoms with van der Waals surface area (Å²) in [4.78, 5) is 7.90. The lowest BCUT2D eigenvalue weighted by Gasteiger charge is -2.12. The predicted molar refractivity (Wildman–Crippen MR) is 87.4 cm³/mol. The van der Waals surface area contributed by atoms with Gasteiger partial charge in [0.15, 0.2) is 11.5 Å². The molecule has 0 radical (unpaired) electrons. The fourth-order valence-electron chi connectivity index (χ4n) is 2.11. The minimum atomic E-state index is -0.329. The molecule has 1 aromatic carbocycles. The summed E-state index contributed by atoms with van der Waals surface area (Å²) < 4.78 is 23.0. The summed E-state index contributed by atoms with van der Waals surface area (Å²) in [6, 6.07) is 5.63.